The quantitative estimate of drug-likeness (QED) is 0.307. The van der Waals surface area contributed by atoms with Gasteiger partial charge in [-0.15, -0.1) is 0 Å². The minimum Gasteiger partial charge on any atom is -0.368 e. The van der Waals surface area contributed by atoms with Gasteiger partial charge >= 0.3 is 0 Å². The first-order valence-electron chi connectivity index (χ1n) is 8.06. The van der Waals surface area contributed by atoms with E-state index in [0.29, 0.717) is 33.4 Å². The molecule has 0 amide bonds. The summed E-state index contributed by atoms with van der Waals surface area (Å²) in [4.78, 5) is 23.2. The van der Waals surface area contributed by atoms with Gasteiger partial charge in [-0.1, -0.05) is 23.7 Å². The molecule has 0 aliphatic heterocycles. The van der Waals surface area contributed by atoms with Crippen molar-refractivity contribution in [3.63, 3.8) is 0 Å². The summed E-state index contributed by atoms with van der Waals surface area (Å²) in [6.07, 6.45) is 0. The van der Waals surface area contributed by atoms with Crippen LogP contribution in [0, 0.1) is 15.9 Å². The highest BCUT2D eigenvalue weighted by Crippen LogP contribution is 2.32. The van der Waals surface area contributed by atoms with Crippen molar-refractivity contribution in [2.24, 2.45) is 0 Å². The van der Waals surface area contributed by atoms with Gasteiger partial charge in [-0.05, 0) is 30.3 Å². The second-order valence-electron chi connectivity index (χ2n) is 5.97. The molecule has 4 rings (SSSR count). The molecule has 0 fully saturated rings. The molecule has 9 heteroatoms. The predicted octanol–water partition coefficient (Wildman–Crippen LogP) is 4.64. The zero-order valence-corrected chi connectivity index (χ0v) is 14.9. The van der Waals surface area contributed by atoms with Gasteiger partial charge in [0.2, 0.25) is 5.95 Å². The van der Waals surface area contributed by atoms with Crippen LogP contribution in [-0.2, 0) is 0 Å². The summed E-state index contributed by atoms with van der Waals surface area (Å²) in [7, 11) is 0. The van der Waals surface area contributed by atoms with Crippen LogP contribution < -0.4 is 5.73 Å². The molecule has 0 aliphatic carbocycles. The molecule has 138 valence electrons. The SMILES string of the molecule is Nc1nc(-c2cccc([N+](=O)[O-])c2)cc(-c2cc3cc(F)ccc3nc2Cl)n1. The molecule has 0 saturated carbocycles. The second-order valence-corrected chi connectivity index (χ2v) is 6.33. The van der Waals surface area contributed by atoms with Crippen molar-refractivity contribution < 1.29 is 9.31 Å². The number of benzene rings is 2. The Bertz CT molecular complexity index is 1250. The second kappa shape index (κ2) is 6.82. The van der Waals surface area contributed by atoms with Crippen LogP contribution in [0.15, 0.2) is 54.6 Å². The van der Waals surface area contributed by atoms with Crippen LogP contribution in [0.5, 0.6) is 0 Å². The molecule has 0 radical (unpaired) electrons. The number of nitro benzene ring substituents is 1. The molecule has 0 saturated heterocycles. The van der Waals surface area contributed by atoms with Gasteiger partial charge in [0.1, 0.15) is 11.0 Å². The monoisotopic (exact) mass is 395 g/mol. The Labute approximate surface area is 162 Å². The topological polar surface area (TPSA) is 108 Å². The molecule has 2 aromatic heterocycles. The van der Waals surface area contributed by atoms with Gasteiger partial charge in [0.25, 0.3) is 5.69 Å². The number of nitrogen functional groups attached to an aromatic ring is 1. The highest BCUT2D eigenvalue weighted by atomic mass is 35.5. The zero-order chi connectivity index (χ0) is 19.8. The van der Waals surface area contributed by atoms with Crippen LogP contribution in [0.2, 0.25) is 5.15 Å². The maximum absolute atomic E-state index is 13.6. The smallest absolute Gasteiger partial charge is 0.270 e. The standard InChI is InChI=1S/C19H11ClFN5O2/c20-18-14(8-11-6-12(21)4-5-15(11)23-18)17-9-16(24-19(22)25-17)10-2-1-3-13(7-10)26(27)28/h1-9H,(H2,22,24,25). The van der Waals surface area contributed by atoms with E-state index in [4.69, 9.17) is 17.3 Å². The van der Waals surface area contributed by atoms with Gasteiger partial charge in [0.05, 0.1) is 21.8 Å². The number of nitrogens with zero attached hydrogens (tertiary/aromatic N) is 4. The van der Waals surface area contributed by atoms with Crippen molar-refractivity contribution in [2.45, 2.75) is 0 Å². The number of nitrogens with two attached hydrogens (primary N) is 1. The summed E-state index contributed by atoms with van der Waals surface area (Å²) in [6, 6.07) is 13.4. The third kappa shape index (κ3) is 3.33. The Morgan fingerprint density at radius 2 is 1.79 bits per heavy atom. The fraction of sp³-hybridized carbons (Fsp3) is 0. The van der Waals surface area contributed by atoms with Crippen molar-refractivity contribution >= 4 is 34.1 Å². The van der Waals surface area contributed by atoms with E-state index in [9.17, 15) is 14.5 Å². The fourth-order valence-electron chi connectivity index (χ4n) is 2.83. The highest BCUT2D eigenvalue weighted by molar-refractivity contribution is 6.32. The summed E-state index contributed by atoms with van der Waals surface area (Å²) >= 11 is 6.30. The van der Waals surface area contributed by atoms with E-state index >= 15 is 0 Å². The molecule has 7 nitrogen and oxygen atoms in total. The van der Waals surface area contributed by atoms with Crippen LogP contribution in [0.25, 0.3) is 33.4 Å². The Balaban J connectivity index is 1.88. The van der Waals surface area contributed by atoms with Gasteiger partial charge in [-0.25, -0.2) is 19.3 Å². The Morgan fingerprint density at radius 1 is 1.00 bits per heavy atom. The van der Waals surface area contributed by atoms with E-state index in [0.717, 1.165) is 0 Å². The number of hydrogen-bond acceptors (Lipinski definition) is 6. The molecular formula is C19H11ClFN5O2. The van der Waals surface area contributed by atoms with Gasteiger partial charge < -0.3 is 5.73 Å². The molecule has 2 aromatic carbocycles. The predicted molar refractivity (Wildman–Crippen MR) is 104 cm³/mol. The number of halogens is 2. The number of anilines is 1. The van der Waals surface area contributed by atoms with Crippen molar-refractivity contribution in [3.05, 3.63) is 75.7 Å². The summed E-state index contributed by atoms with van der Waals surface area (Å²) in [6.45, 7) is 0. The Hall–Kier alpha value is -3.65. The van der Waals surface area contributed by atoms with Crippen molar-refractivity contribution in [1.82, 2.24) is 15.0 Å². The lowest BCUT2D eigenvalue weighted by molar-refractivity contribution is -0.384. The van der Waals surface area contributed by atoms with Crippen molar-refractivity contribution in [3.8, 4) is 22.5 Å². The first-order chi connectivity index (χ1) is 13.4. The molecule has 0 atom stereocenters. The first kappa shape index (κ1) is 17.7. The number of fused-ring (bicyclic) bond motifs is 1. The van der Waals surface area contributed by atoms with Gasteiger partial charge in [-0.2, -0.15) is 0 Å². The van der Waals surface area contributed by atoms with Gasteiger partial charge in [0.15, 0.2) is 0 Å². The third-order valence-corrected chi connectivity index (χ3v) is 4.39. The normalized spacial score (nSPS) is 10.9. The number of nitro groups is 1. The van der Waals surface area contributed by atoms with Crippen molar-refractivity contribution in [2.75, 3.05) is 5.73 Å². The van der Waals surface area contributed by atoms with Crippen LogP contribution in [0.4, 0.5) is 16.0 Å². The molecule has 0 unspecified atom stereocenters. The number of pyridine rings is 1. The fourth-order valence-corrected chi connectivity index (χ4v) is 3.08. The van der Waals surface area contributed by atoms with E-state index in [2.05, 4.69) is 15.0 Å². The van der Waals surface area contributed by atoms with Crippen LogP contribution >= 0.6 is 11.6 Å². The molecule has 0 bridgehead atoms. The maximum atomic E-state index is 13.6. The Morgan fingerprint density at radius 3 is 2.57 bits per heavy atom. The third-order valence-electron chi connectivity index (χ3n) is 4.10. The minimum atomic E-state index is -0.492. The molecule has 4 aromatic rings. The minimum absolute atomic E-state index is 0.0330. The summed E-state index contributed by atoms with van der Waals surface area (Å²) < 4.78 is 13.6. The first-order valence-corrected chi connectivity index (χ1v) is 8.44. The molecular weight excluding hydrogens is 385 g/mol. The summed E-state index contributed by atoms with van der Waals surface area (Å²) in [5.41, 5.74) is 8.01. The Kier molecular flexibility index (Phi) is 4.32. The zero-order valence-electron chi connectivity index (χ0n) is 14.1. The van der Waals surface area contributed by atoms with Crippen LogP contribution in [0.3, 0.4) is 0 Å². The lowest BCUT2D eigenvalue weighted by Gasteiger charge is -2.09. The number of aromatic nitrogens is 3. The van der Waals surface area contributed by atoms with E-state index < -0.39 is 10.7 Å². The van der Waals surface area contributed by atoms with Crippen molar-refractivity contribution in [1.29, 1.82) is 0 Å². The van der Waals surface area contributed by atoms with Gasteiger partial charge in [0, 0.05) is 28.6 Å². The number of rotatable bonds is 3. The lowest BCUT2D eigenvalue weighted by Crippen LogP contribution is -2.00. The van der Waals surface area contributed by atoms with Crippen LogP contribution in [0.1, 0.15) is 0 Å². The summed E-state index contributed by atoms with van der Waals surface area (Å²) in [5.74, 6) is -0.434. The lowest BCUT2D eigenvalue weighted by atomic mass is 10.1. The molecule has 2 N–H and O–H groups in total. The van der Waals surface area contributed by atoms with Crippen LogP contribution in [-0.4, -0.2) is 19.9 Å². The highest BCUT2D eigenvalue weighted by Gasteiger charge is 2.14. The largest absolute Gasteiger partial charge is 0.368 e. The van der Waals surface area contributed by atoms with E-state index in [1.165, 1.54) is 30.3 Å². The average Bonchev–Trinajstić information content (AvgIpc) is 2.67. The molecule has 0 spiro atoms. The number of hydrogen-bond donors (Lipinski definition) is 1. The van der Waals surface area contributed by atoms with Gasteiger partial charge in [-0.3, -0.25) is 10.1 Å². The summed E-state index contributed by atoms with van der Waals surface area (Å²) in [5, 5.41) is 11.7. The van der Waals surface area contributed by atoms with E-state index in [1.54, 1.807) is 24.3 Å². The number of non-ortho nitro benzene ring substituents is 1. The van der Waals surface area contributed by atoms with E-state index in [-0.39, 0.29) is 16.8 Å². The molecule has 28 heavy (non-hydrogen) atoms. The maximum Gasteiger partial charge on any atom is 0.270 e. The van der Waals surface area contributed by atoms with E-state index in [1.807, 2.05) is 0 Å². The average molecular weight is 396 g/mol. The molecule has 0 aliphatic rings. The molecule has 2 heterocycles.